The summed E-state index contributed by atoms with van der Waals surface area (Å²) in [6.45, 7) is 6.63. The van der Waals surface area contributed by atoms with Crippen molar-refractivity contribution in [2.24, 2.45) is 0 Å². The molecule has 0 atom stereocenters. The third-order valence-corrected chi connectivity index (χ3v) is 6.44. The van der Waals surface area contributed by atoms with Gasteiger partial charge in [-0.1, -0.05) is 6.92 Å². The maximum absolute atomic E-state index is 12.1. The van der Waals surface area contributed by atoms with Gasteiger partial charge in [-0.2, -0.15) is 12.7 Å². The first kappa shape index (κ1) is 21.3. The number of aromatic carboxylic acids is 1. The highest BCUT2D eigenvalue weighted by Crippen LogP contribution is 2.27. The average Bonchev–Trinajstić information content (AvgIpc) is 2.67. The quantitative estimate of drug-likeness (QED) is 0.701. The van der Waals surface area contributed by atoms with E-state index in [2.05, 4.69) is 26.4 Å². The molecule has 1 aliphatic heterocycles. The lowest BCUT2D eigenvalue weighted by atomic mass is 10.1. The van der Waals surface area contributed by atoms with Crippen molar-refractivity contribution in [3.8, 4) is 0 Å². The van der Waals surface area contributed by atoms with Crippen molar-refractivity contribution < 1.29 is 18.3 Å². The predicted octanol–water partition coefficient (Wildman–Crippen LogP) is 1.68. The molecule has 0 unspecified atom stereocenters. The lowest BCUT2D eigenvalue weighted by Gasteiger charge is -2.35. The molecule has 29 heavy (non-hydrogen) atoms. The number of nitrogens with one attached hydrogen (secondary N) is 1. The van der Waals surface area contributed by atoms with E-state index < -0.39 is 16.2 Å². The number of hydrogen-bond acceptors (Lipinski definition) is 6. The summed E-state index contributed by atoms with van der Waals surface area (Å²) in [7, 11) is -0.852. The molecule has 3 rings (SSSR count). The number of pyridine rings is 1. The summed E-state index contributed by atoms with van der Waals surface area (Å²) < 4.78 is 27.6. The molecule has 1 fully saturated rings. The van der Waals surface area contributed by atoms with Crippen LogP contribution in [0.25, 0.3) is 10.9 Å². The Morgan fingerprint density at radius 3 is 2.48 bits per heavy atom. The average molecular weight is 422 g/mol. The van der Waals surface area contributed by atoms with Crippen LogP contribution in [0.15, 0.2) is 24.3 Å². The van der Waals surface area contributed by atoms with Gasteiger partial charge in [-0.05, 0) is 37.2 Å². The van der Waals surface area contributed by atoms with Crippen LogP contribution in [-0.2, 0) is 10.2 Å². The zero-order valence-corrected chi connectivity index (χ0v) is 17.7. The van der Waals surface area contributed by atoms with Gasteiger partial charge in [-0.3, -0.25) is 9.62 Å². The van der Waals surface area contributed by atoms with Gasteiger partial charge < -0.3 is 10.0 Å². The maximum Gasteiger partial charge on any atom is 0.336 e. The number of rotatable bonds is 7. The molecule has 0 radical (unpaired) electrons. The summed E-state index contributed by atoms with van der Waals surface area (Å²) in [6.07, 6.45) is 1.11. The first-order valence-electron chi connectivity index (χ1n) is 9.57. The second-order valence-electron chi connectivity index (χ2n) is 7.28. The molecule has 0 spiro atoms. The minimum absolute atomic E-state index is 0.104. The number of carbonyl (C=O) groups is 1. The highest BCUT2D eigenvalue weighted by molar-refractivity contribution is 7.90. The molecule has 0 saturated carbocycles. The van der Waals surface area contributed by atoms with E-state index in [9.17, 15) is 18.3 Å². The Morgan fingerprint density at radius 1 is 1.21 bits per heavy atom. The molecule has 0 amide bonds. The molecule has 2 heterocycles. The Hall–Kier alpha value is -2.43. The van der Waals surface area contributed by atoms with Gasteiger partial charge in [-0.25, -0.2) is 9.78 Å². The van der Waals surface area contributed by atoms with Crippen molar-refractivity contribution in [3.05, 3.63) is 29.8 Å². The van der Waals surface area contributed by atoms with E-state index in [1.54, 1.807) is 18.2 Å². The number of fused-ring (bicyclic) bond motifs is 1. The predicted molar refractivity (Wildman–Crippen MR) is 114 cm³/mol. The number of piperazine rings is 1. The Morgan fingerprint density at radius 2 is 1.90 bits per heavy atom. The summed E-state index contributed by atoms with van der Waals surface area (Å²) in [5, 5.41) is 10.1. The third kappa shape index (κ3) is 4.77. The van der Waals surface area contributed by atoms with Gasteiger partial charge >= 0.3 is 16.2 Å². The van der Waals surface area contributed by atoms with Gasteiger partial charge in [0.1, 0.15) is 5.82 Å². The summed E-state index contributed by atoms with van der Waals surface area (Å²) in [5.74, 6) is -0.441. The van der Waals surface area contributed by atoms with E-state index >= 15 is 0 Å². The van der Waals surface area contributed by atoms with Gasteiger partial charge in [0, 0.05) is 45.7 Å². The van der Waals surface area contributed by atoms with Crippen LogP contribution in [0.1, 0.15) is 23.7 Å². The van der Waals surface area contributed by atoms with Crippen molar-refractivity contribution in [2.75, 3.05) is 56.4 Å². The van der Waals surface area contributed by atoms with Crippen molar-refractivity contribution in [1.82, 2.24) is 14.2 Å². The van der Waals surface area contributed by atoms with Crippen LogP contribution in [0.2, 0.25) is 0 Å². The normalized spacial score (nSPS) is 15.8. The van der Waals surface area contributed by atoms with Gasteiger partial charge in [0.25, 0.3) is 0 Å². The number of nitrogens with zero attached hydrogens (tertiary/aromatic N) is 4. The second-order valence-corrected chi connectivity index (χ2v) is 9.17. The van der Waals surface area contributed by atoms with Gasteiger partial charge in [0.15, 0.2) is 0 Å². The molecule has 0 bridgehead atoms. The fourth-order valence-electron chi connectivity index (χ4n) is 3.37. The Balaban J connectivity index is 1.94. The molecule has 2 aromatic rings. The summed E-state index contributed by atoms with van der Waals surface area (Å²) >= 11 is 0. The topological polar surface area (TPSA) is 106 Å². The molecule has 1 aliphatic rings. The zero-order chi connectivity index (χ0) is 21.2. The van der Waals surface area contributed by atoms with E-state index in [0.717, 1.165) is 43.4 Å². The van der Waals surface area contributed by atoms with Crippen molar-refractivity contribution in [1.29, 1.82) is 0 Å². The molecule has 1 aromatic heterocycles. The number of aromatic nitrogens is 1. The van der Waals surface area contributed by atoms with E-state index in [4.69, 9.17) is 0 Å². The number of carboxylic acids is 1. The fourth-order valence-corrected chi connectivity index (χ4v) is 3.98. The first-order chi connectivity index (χ1) is 13.7. The molecular weight excluding hydrogens is 394 g/mol. The van der Waals surface area contributed by atoms with Crippen LogP contribution in [-0.4, -0.2) is 80.5 Å². The SMILES string of the molecule is CCCN1CCN(c2cc(C(=O)O)c3cc(NS(=O)(=O)N(C)C)ccc3n2)CC1. The Kier molecular flexibility index (Phi) is 6.25. The van der Waals surface area contributed by atoms with E-state index in [1.807, 2.05) is 0 Å². The van der Waals surface area contributed by atoms with Crippen molar-refractivity contribution in [3.63, 3.8) is 0 Å². The highest BCUT2D eigenvalue weighted by Gasteiger charge is 2.21. The molecule has 1 saturated heterocycles. The molecule has 9 nitrogen and oxygen atoms in total. The summed E-state index contributed by atoms with van der Waals surface area (Å²) in [5.41, 5.74) is 0.909. The highest BCUT2D eigenvalue weighted by atomic mass is 32.2. The molecule has 158 valence electrons. The fraction of sp³-hybridized carbons (Fsp3) is 0.474. The minimum atomic E-state index is -3.69. The van der Waals surface area contributed by atoms with E-state index in [1.165, 1.54) is 20.2 Å². The largest absolute Gasteiger partial charge is 0.478 e. The van der Waals surface area contributed by atoms with Crippen molar-refractivity contribution in [2.45, 2.75) is 13.3 Å². The van der Waals surface area contributed by atoms with Gasteiger partial charge in [-0.15, -0.1) is 0 Å². The smallest absolute Gasteiger partial charge is 0.336 e. The lowest BCUT2D eigenvalue weighted by Crippen LogP contribution is -2.46. The van der Waals surface area contributed by atoms with Gasteiger partial charge in [0.05, 0.1) is 16.8 Å². The zero-order valence-electron chi connectivity index (χ0n) is 16.9. The van der Waals surface area contributed by atoms with Crippen LogP contribution >= 0.6 is 0 Å². The Labute approximate surface area is 171 Å². The van der Waals surface area contributed by atoms with E-state index in [0.29, 0.717) is 16.7 Å². The summed E-state index contributed by atoms with van der Waals surface area (Å²) in [6, 6.07) is 6.32. The second kappa shape index (κ2) is 8.52. The number of hydrogen-bond donors (Lipinski definition) is 2. The standard InChI is InChI=1S/C19H27N5O4S/c1-4-7-23-8-10-24(11-9-23)18-13-16(19(25)26)15-12-14(5-6-17(15)20-18)21-29(27,28)22(2)3/h5-6,12-13,21H,4,7-11H2,1-3H3,(H,25,26). The molecular formula is C19H27N5O4S. The number of benzene rings is 1. The minimum Gasteiger partial charge on any atom is -0.478 e. The Bertz CT molecular complexity index is 1000. The molecule has 10 heteroatoms. The van der Waals surface area contributed by atoms with Crippen LogP contribution in [0.3, 0.4) is 0 Å². The van der Waals surface area contributed by atoms with Crippen LogP contribution in [0.5, 0.6) is 0 Å². The molecule has 2 N–H and O–H groups in total. The van der Waals surface area contributed by atoms with Gasteiger partial charge in [0.2, 0.25) is 0 Å². The van der Waals surface area contributed by atoms with Crippen LogP contribution in [0, 0.1) is 0 Å². The third-order valence-electron chi connectivity index (χ3n) is 4.99. The van der Waals surface area contributed by atoms with Crippen LogP contribution in [0.4, 0.5) is 11.5 Å². The van der Waals surface area contributed by atoms with E-state index in [-0.39, 0.29) is 11.3 Å². The monoisotopic (exact) mass is 421 g/mol. The first-order valence-corrected chi connectivity index (χ1v) is 11.0. The number of carboxylic acid groups (broad SMARTS) is 1. The molecule has 1 aromatic carbocycles. The lowest BCUT2D eigenvalue weighted by molar-refractivity contribution is 0.0699. The molecule has 0 aliphatic carbocycles. The van der Waals surface area contributed by atoms with Crippen LogP contribution < -0.4 is 9.62 Å². The van der Waals surface area contributed by atoms with Crippen molar-refractivity contribution >= 4 is 38.6 Å². The maximum atomic E-state index is 12.1. The number of anilines is 2. The summed E-state index contributed by atoms with van der Waals surface area (Å²) in [4.78, 5) is 21.0.